The largest absolute Gasteiger partial charge is 0.283 e. The fourth-order valence-electron chi connectivity index (χ4n) is 4.37. The number of rotatable bonds is 2. The van der Waals surface area contributed by atoms with Crippen molar-refractivity contribution in [2.45, 2.75) is 44.3 Å². The molecule has 2 aliphatic heterocycles. The Labute approximate surface area is 150 Å². The summed E-state index contributed by atoms with van der Waals surface area (Å²) in [6.45, 7) is 0.206. The van der Waals surface area contributed by atoms with Gasteiger partial charge in [-0.25, -0.2) is 15.4 Å². The van der Waals surface area contributed by atoms with Crippen LogP contribution in [0.2, 0.25) is 0 Å². The van der Waals surface area contributed by atoms with Crippen LogP contribution in [-0.2, 0) is 11.3 Å². The monoisotopic (exact) mass is 352 g/mol. The van der Waals surface area contributed by atoms with Crippen LogP contribution in [0.25, 0.3) is 5.65 Å². The lowest BCUT2D eigenvalue weighted by molar-refractivity contribution is -0.138. The lowest BCUT2D eigenvalue weighted by Crippen LogP contribution is -2.52. The zero-order valence-corrected chi connectivity index (χ0v) is 14.3. The minimum atomic E-state index is -0.209. The van der Waals surface area contributed by atoms with Gasteiger partial charge in [0.15, 0.2) is 0 Å². The molecule has 2 aromatic heterocycles. The summed E-state index contributed by atoms with van der Waals surface area (Å²) in [7, 11) is 0. The Balaban J connectivity index is 1.42. The van der Waals surface area contributed by atoms with E-state index in [0.717, 1.165) is 12.8 Å². The zero-order chi connectivity index (χ0) is 17.7. The number of amides is 1. The van der Waals surface area contributed by atoms with Crippen molar-refractivity contribution in [2.24, 2.45) is 11.0 Å². The summed E-state index contributed by atoms with van der Waals surface area (Å²) in [5, 5.41) is 7.60. The number of nitrogens with zero attached hydrogens (tertiary/aromatic N) is 5. The van der Waals surface area contributed by atoms with Crippen molar-refractivity contribution >= 4 is 17.9 Å². The zero-order valence-electron chi connectivity index (χ0n) is 14.3. The van der Waals surface area contributed by atoms with E-state index in [1.54, 1.807) is 24.7 Å². The van der Waals surface area contributed by atoms with Crippen LogP contribution in [0.3, 0.4) is 0 Å². The number of carbonyl (C=O) groups is 1. The highest BCUT2D eigenvalue weighted by atomic mass is 16.2. The molecule has 2 aromatic rings. The molecule has 5 rings (SSSR count). The van der Waals surface area contributed by atoms with E-state index in [9.17, 15) is 9.59 Å². The van der Waals surface area contributed by atoms with E-state index in [2.05, 4.69) is 15.5 Å². The predicted molar refractivity (Wildman–Crippen MR) is 95.0 cm³/mol. The second-order valence-electron chi connectivity index (χ2n) is 7.18. The third-order valence-corrected chi connectivity index (χ3v) is 5.60. The van der Waals surface area contributed by atoms with Gasteiger partial charge < -0.3 is 0 Å². The Morgan fingerprint density at radius 2 is 2.08 bits per heavy atom. The van der Waals surface area contributed by atoms with E-state index in [4.69, 9.17) is 0 Å². The molecule has 1 amide bonds. The van der Waals surface area contributed by atoms with Gasteiger partial charge in [0.1, 0.15) is 18.0 Å². The maximum absolute atomic E-state index is 13.0. The smallest absolute Gasteiger partial charge is 0.267 e. The minimum Gasteiger partial charge on any atom is -0.283 e. The van der Waals surface area contributed by atoms with Gasteiger partial charge in [0, 0.05) is 24.2 Å². The molecular formula is C18H20N6O2. The fraction of sp³-hybridized carbons (Fsp3) is 0.444. The van der Waals surface area contributed by atoms with Crippen molar-refractivity contribution in [3.05, 3.63) is 46.5 Å². The number of carbonyl (C=O) groups excluding carboxylic acids is 1. The second kappa shape index (κ2) is 5.91. The molecule has 2 fully saturated rings. The van der Waals surface area contributed by atoms with Crippen LogP contribution >= 0.6 is 0 Å². The Morgan fingerprint density at radius 1 is 1.19 bits per heavy atom. The maximum Gasteiger partial charge on any atom is 0.267 e. The molecule has 8 nitrogen and oxygen atoms in total. The fourth-order valence-corrected chi connectivity index (χ4v) is 4.37. The Morgan fingerprint density at radius 3 is 3.00 bits per heavy atom. The number of pyridine rings is 1. The number of nitrogens with one attached hydrogen (secondary N) is 1. The van der Waals surface area contributed by atoms with Gasteiger partial charge in [0.25, 0.3) is 11.5 Å². The van der Waals surface area contributed by atoms with Crippen molar-refractivity contribution in [1.82, 2.24) is 24.8 Å². The van der Waals surface area contributed by atoms with Crippen LogP contribution in [-0.4, -0.2) is 43.7 Å². The lowest BCUT2D eigenvalue weighted by atomic mass is 9.81. The van der Waals surface area contributed by atoms with Crippen molar-refractivity contribution in [3.63, 3.8) is 0 Å². The normalized spacial score (nSPS) is 27.7. The van der Waals surface area contributed by atoms with Crippen LogP contribution in [0.5, 0.6) is 0 Å². The van der Waals surface area contributed by atoms with Gasteiger partial charge in [-0.05, 0) is 25.0 Å². The van der Waals surface area contributed by atoms with E-state index in [1.165, 1.54) is 28.3 Å². The van der Waals surface area contributed by atoms with E-state index < -0.39 is 0 Å². The number of fused-ring (bicyclic) bond motifs is 4. The Kier molecular flexibility index (Phi) is 3.53. The predicted octanol–water partition coefficient (Wildman–Crippen LogP) is 0.728. The van der Waals surface area contributed by atoms with Crippen LogP contribution in [0, 0.1) is 5.92 Å². The average Bonchev–Trinajstić information content (AvgIpc) is 3.03. The van der Waals surface area contributed by atoms with Crippen molar-refractivity contribution in [3.8, 4) is 0 Å². The molecule has 1 aliphatic carbocycles. The molecule has 0 spiro atoms. The van der Waals surface area contributed by atoms with Gasteiger partial charge in [0.05, 0.1) is 12.2 Å². The quantitative estimate of drug-likeness (QED) is 0.862. The standard InChI is InChI=1S/C18H20N6O2/c25-16-9-12(20-15-7-3-4-8-22(15)16)10-23-18(26)17-13-5-1-2-6-14(13)21-24(17)11-19-23/h3-4,7-9,11,13-14,17,21H,1-2,5-6,10H2. The summed E-state index contributed by atoms with van der Waals surface area (Å²) in [4.78, 5) is 29.8. The SMILES string of the molecule is O=C1C2C3CCCCC3NN2C=NN1Cc1cc(=O)n2ccccc2n1. The second-order valence-corrected chi connectivity index (χ2v) is 7.18. The van der Waals surface area contributed by atoms with Gasteiger partial charge in [0.2, 0.25) is 0 Å². The van der Waals surface area contributed by atoms with E-state index in [0.29, 0.717) is 23.3 Å². The van der Waals surface area contributed by atoms with E-state index in [1.807, 2.05) is 11.1 Å². The third kappa shape index (κ3) is 2.40. The lowest BCUT2D eigenvalue weighted by Gasteiger charge is -2.33. The Hall–Kier alpha value is -2.74. The molecule has 3 unspecified atom stereocenters. The van der Waals surface area contributed by atoms with Crippen LogP contribution in [0.15, 0.2) is 40.4 Å². The molecule has 0 aromatic carbocycles. The maximum atomic E-state index is 13.0. The third-order valence-electron chi connectivity index (χ3n) is 5.60. The summed E-state index contributed by atoms with van der Waals surface area (Å²) in [5.74, 6) is 0.296. The number of hydrazine groups is 1. The number of aromatic nitrogens is 2. The molecule has 0 radical (unpaired) electrons. The molecule has 4 heterocycles. The summed E-state index contributed by atoms with van der Waals surface area (Å²) in [6, 6.07) is 7.02. The summed E-state index contributed by atoms with van der Waals surface area (Å²) in [6.07, 6.45) is 7.90. The summed E-state index contributed by atoms with van der Waals surface area (Å²) >= 11 is 0. The summed E-state index contributed by atoms with van der Waals surface area (Å²) < 4.78 is 1.49. The van der Waals surface area contributed by atoms with Crippen molar-refractivity contribution in [1.29, 1.82) is 0 Å². The molecule has 1 N–H and O–H groups in total. The molecule has 3 atom stereocenters. The number of hydrogen-bond donors (Lipinski definition) is 1. The molecule has 1 saturated heterocycles. The Bertz CT molecular complexity index is 954. The average molecular weight is 352 g/mol. The molecule has 8 heteroatoms. The molecule has 1 saturated carbocycles. The minimum absolute atomic E-state index is 0.0236. The molecule has 0 bridgehead atoms. The van der Waals surface area contributed by atoms with Gasteiger partial charge in [-0.2, -0.15) is 5.10 Å². The first-order chi connectivity index (χ1) is 12.7. The molecule has 26 heavy (non-hydrogen) atoms. The highest BCUT2D eigenvalue weighted by molar-refractivity contribution is 5.87. The molecular weight excluding hydrogens is 332 g/mol. The van der Waals surface area contributed by atoms with Crippen LogP contribution in [0.4, 0.5) is 0 Å². The number of hydrazone groups is 1. The first-order valence-electron chi connectivity index (χ1n) is 9.08. The van der Waals surface area contributed by atoms with Crippen molar-refractivity contribution < 1.29 is 4.79 Å². The first-order valence-corrected chi connectivity index (χ1v) is 9.08. The number of hydrogen-bond acceptors (Lipinski definition) is 6. The van der Waals surface area contributed by atoms with Crippen LogP contribution < -0.4 is 11.0 Å². The first kappa shape index (κ1) is 15.5. The highest BCUT2D eigenvalue weighted by Crippen LogP contribution is 2.35. The van der Waals surface area contributed by atoms with Gasteiger partial charge >= 0.3 is 0 Å². The van der Waals surface area contributed by atoms with Gasteiger partial charge in [-0.15, -0.1) is 0 Å². The molecule has 134 valence electrons. The molecule has 3 aliphatic rings. The van der Waals surface area contributed by atoms with E-state index >= 15 is 0 Å². The van der Waals surface area contributed by atoms with Gasteiger partial charge in [-0.3, -0.25) is 19.0 Å². The van der Waals surface area contributed by atoms with Gasteiger partial charge in [-0.1, -0.05) is 18.9 Å². The van der Waals surface area contributed by atoms with Crippen LogP contribution in [0.1, 0.15) is 31.4 Å². The van der Waals surface area contributed by atoms with Crippen molar-refractivity contribution in [2.75, 3.05) is 0 Å². The highest BCUT2D eigenvalue weighted by Gasteiger charge is 2.48. The van der Waals surface area contributed by atoms with E-state index in [-0.39, 0.29) is 24.1 Å². The summed E-state index contributed by atoms with van der Waals surface area (Å²) in [5.41, 5.74) is 4.37. The topological polar surface area (TPSA) is 82.3 Å².